The van der Waals surface area contributed by atoms with Crippen molar-refractivity contribution in [3.8, 4) is 22.8 Å². The minimum atomic E-state index is -0.854. The molecule has 11 nitrogen and oxygen atoms in total. The van der Waals surface area contributed by atoms with Gasteiger partial charge in [0.25, 0.3) is 11.2 Å². The highest BCUT2D eigenvalue weighted by Gasteiger charge is 2.35. The van der Waals surface area contributed by atoms with E-state index in [-0.39, 0.29) is 29.2 Å². The number of nitro benzene ring substituents is 1. The molecule has 0 unspecified atom stereocenters. The van der Waals surface area contributed by atoms with Crippen LogP contribution >= 0.6 is 11.3 Å². The number of carbonyl (C=O) groups excluding carboxylic acids is 1. The Morgan fingerprint density at radius 3 is 2.45 bits per heavy atom. The number of fused-ring (bicyclic) bond motifs is 1. The zero-order valence-corrected chi connectivity index (χ0v) is 26.5. The fraction of sp³-hybridized carbons (Fsp3) is 0.171. The van der Waals surface area contributed by atoms with Crippen LogP contribution in [0.4, 0.5) is 5.69 Å². The standard InChI is InChI=1S/C35H29N3O8S/c1-4-44-23-13-11-22(12-14-23)32-30(34(40)45-5-2)31(21-9-7-6-8-10-21)36-35-37(32)33(39)29(47-35)20-25-16-18-28(46-25)26-17-15-24(43-3)19-27(26)38(41)42/h6-20,32H,4-5H2,1-3H3/b29-20-/t32-/m1/s1. The molecule has 2 aromatic heterocycles. The van der Waals surface area contributed by atoms with Crippen LogP contribution < -0.4 is 24.4 Å². The van der Waals surface area contributed by atoms with Crippen molar-refractivity contribution in [3.05, 3.63) is 137 Å². The molecule has 3 aromatic carbocycles. The summed E-state index contributed by atoms with van der Waals surface area (Å²) in [7, 11) is 1.43. The van der Waals surface area contributed by atoms with Gasteiger partial charge in [-0.2, -0.15) is 0 Å². The first-order valence-corrected chi connectivity index (χ1v) is 15.6. The van der Waals surface area contributed by atoms with E-state index in [0.717, 1.165) is 11.3 Å². The first kappa shape index (κ1) is 31.2. The summed E-state index contributed by atoms with van der Waals surface area (Å²) in [4.78, 5) is 44.3. The van der Waals surface area contributed by atoms with E-state index in [9.17, 15) is 19.7 Å². The van der Waals surface area contributed by atoms with E-state index in [4.69, 9.17) is 23.6 Å². The number of carbonyl (C=O) groups is 1. The predicted molar refractivity (Wildman–Crippen MR) is 176 cm³/mol. The first-order valence-electron chi connectivity index (χ1n) is 14.8. The molecule has 0 N–H and O–H groups in total. The van der Waals surface area contributed by atoms with Crippen molar-refractivity contribution in [1.82, 2.24) is 4.57 Å². The number of furan rings is 1. The van der Waals surface area contributed by atoms with Gasteiger partial charge in [0.05, 0.1) is 58.7 Å². The average Bonchev–Trinajstić information content (AvgIpc) is 3.68. The Kier molecular flexibility index (Phi) is 8.85. The molecule has 238 valence electrons. The lowest BCUT2D eigenvalue weighted by molar-refractivity contribution is -0.384. The van der Waals surface area contributed by atoms with E-state index >= 15 is 0 Å². The SMILES string of the molecule is CCOC(=O)C1=C(c2ccccc2)N=c2s/c(=C\c3ccc(-c4ccc(OC)cc4[N+](=O)[O-])o3)c(=O)n2[C@@H]1c1ccc(OCC)cc1. The van der Waals surface area contributed by atoms with Crippen LogP contribution in [0.3, 0.4) is 0 Å². The van der Waals surface area contributed by atoms with Gasteiger partial charge >= 0.3 is 5.97 Å². The van der Waals surface area contributed by atoms with Crippen LogP contribution in [0.5, 0.6) is 11.5 Å². The molecule has 47 heavy (non-hydrogen) atoms. The second-order valence-corrected chi connectivity index (χ2v) is 11.3. The molecule has 0 radical (unpaired) electrons. The Balaban J connectivity index is 1.53. The quantitative estimate of drug-likeness (QED) is 0.110. The van der Waals surface area contributed by atoms with Gasteiger partial charge in [0.2, 0.25) is 0 Å². The topological polar surface area (TPSA) is 135 Å². The Labute approximate surface area is 272 Å². The Morgan fingerprint density at radius 1 is 1.02 bits per heavy atom. The highest BCUT2D eigenvalue weighted by Crippen LogP contribution is 2.36. The molecule has 0 aliphatic carbocycles. The number of aromatic nitrogens is 1. The highest BCUT2D eigenvalue weighted by molar-refractivity contribution is 7.07. The van der Waals surface area contributed by atoms with Crippen LogP contribution in [-0.4, -0.2) is 35.8 Å². The number of rotatable bonds is 10. The number of nitro groups is 1. The fourth-order valence-electron chi connectivity index (χ4n) is 5.37. The largest absolute Gasteiger partial charge is 0.497 e. The second kappa shape index (κ2) is 13.3. The normalized spacial score (nSPS) is 14.4. The van der Waals surface area contributed by atoms with E-state index in [1.54, 1.807) is 49.4 Å². The molecule has 5 aromatic rings. The van der Waals surface area contributed by atoms with E-state index in [2.05, 4.69) is 0 Å². The molecule has 0 saturated carbocycles. The number of ether oxygens (including phenoxy) is 3. The summed E-state index contributed by atoms with van der Waals surface area (Å²) >= 11 is 1.14. The molecule has 0 fully saturated rings. The molecule has 12 heteroatoms. The Morgan fingerprint density at radius 2 is 1.77 bits per heavy atom. The molecule has 6 rings (SSSR count). The second-order valence-electron chi connectivity index (χ2n) is 10.3. The molecule has 0 saturated heterocycles. The predicted octanol–water partition coefficient (Wildman–Crippen LogP) is 5.51. The summed E-state index contributed by atoms with van der Waals surface area (Å²) in [6.45, 7) is 4.24. The van der Waals surface area contributed by atoms with Gasteiger partial charge in [0.1, 0.15) is 23.0 Å². The Hall–Kier alpha value is -5.75. The summed E-state index contributed by atoms with van der Waals surface area (Å²) in [6, 6.07) is 23.4. The zero-order valence-electron chi connectivity index (χ0n) is 25.7. The molecule has 1 atom stereocenters. The van der Waals surface area contributed by atoms with Crippen LogP contribution in [0.25, 0.3) is 23.1 Å². The van der Waals surface area contributed by atoms with Gasteiger partial charge in [-0.3, -0.25) is 19.5 Å². The summed E-state index contributed by atoms with van der Waals surface area (Å²) in [5, 5.41) is 11.8. The Bertz CT molecular complexity index is 2180. The highest BCUT2D eigenvalue weighted by atomic mass is 32.1. The molecule has 3 heterocycles. The third kappa shape index (κ3) is 6.10. The summed E-state index contributed by atoms with van der Waals surface area (Å²) in [6.07, 6.45) is 1.56. The molecule has 0 spiro atoms. The van der Waals surface area contributed by atoms with Crippen molar-refractivity contribution in [2.75, 3.05) is 20.3 Å². The summed E-state index contributed by atoms with van der Waals surface area (Å²) in [5.74, 6) is 0.967. The average molecular weight is 652 g/mol. The van der Waals surface area contributed by atoms with Crippen LogP contribution in [0.1, 0.15) is 36.8 Å². The number of hydrogen-bond donors (Lipinski definition) is 0. The maximum atomic E-state index is 14.2. The third-order valence-corrected chi connectivity index (χ3v) is 8.43. The van der Waals surface area contributed by atoms with Crippen LogP contribution in [0, 0.1) is 10.1 Å². The van der Waals surface area contributed by atoms with Gasteiger partial charge in [-0.15, -0.1) is 0 Å². The fourth-order valence-corrected chi connectivity index (χ4v) is 6.35. The van der Waals surface area contributed by atoms with Crippen molar-refractivity contribution >= 4 is 34.8 Å². The van der Waals surface area contributed by atoms with Crippen LogP contribution in [0.15, 0.2) is 105 Å². The van der Waals surface area contributed by atoms with Gasteiger partial charge in [-0.25, -0.2) is 9.79 Å². The van der Waals surface area contributed by atoms with Gasteiger partial charge < -0.3 is 18.6 Å². The van der Waals surface area contributed by atoms with Crippen molar-refractivity contribution in [1.29, 1.82) is 0 Å². The van der Waals surface area contributed by atoms with Crippen molar-refractivity contribution in [3.63, 3.8) is 0 Å². The first-order chi connectivity index (χ1) is 22.8. The number of nitrogens with zero attached hydrogens (tertiary/aromatic N) is 3. The molecule has 0 amide bonds. The van der Waals surface area contributed by atoms with E-state index in [1.807, 2.05) is 49.4 Å². The molecular formula is C35H29N3O8S. The van der Waals surface area contributed by atoms with Crippen LogP contribution in [-0.2, 0) is 9.53 Å². The number of hydrogen-bond acceptors (Lipinski definition) is 10. The van der Waals surface area contributed by atoms with Crippen molar-refractivity contribution < 1.29 is 28.3 Å². The molecule has 1 aliphatic rings. The smallest absolute Gasteiger partial charge is 0.338 e. The lowest BCUT2D eigenvalue weighted by Crippen LogP contribution is -2.40. The maximum Gasteiger partial charge on any atom is 0.338 e. The van der Waals surface area contributed by atoms with E-state index < -0.39 is 22.5 Å². The minimum Gasteiger partial charge on any atom is -0.497 e. The molecule has 1 aliphatic heterocycles. The number of methoxy groups -OCH3 is 1. The van der Waals surface area contributed by atoms with Gasteiger partial charge in [-0.1, -0.05) is 53.8 Å². The summed E-state index contributed by atoms with van der Waals surface area (Å²) in [5.41, 5.74) is 1.69. The minimum absolute atomic E-state index is 0.137. The van der Waals surface area contributed by atoms with E-state index in [0.29, 0.717) is 50.0 Å². The van der Waals surface area contributed by atoms with Crippen molar-refractivity contribution in [2.45, 2.75) is 19.9 Å². The molecular weight excluding hydrogens is 622 g/mol. The van der Waals surface area contributed by atoms with Crippen LogP contribution in [0.2, 0.25) is 0 Å². The maximum absolute atomic E-state index is 14.2. The third-order valence-electron chi connectivity index (χ3n) is 7.45. The van der Waals surface area contributed by atoms with Gasteiger partial charge in [-0.05, 0) is 55.8 Å². The number of benzene rings is 3. The molecule has 0 bridgehead atoms. The van der Waals surface area contributed by atoms with Gasteiger partial charge in [0, 0.05) is 11.6 Å². The summed E-state index contributed by atoms with van der Waals surface area (Å²) < 4.78 is 24.1. The number of esters is 1. The lowest BCUT2D eigenvalue weighted by Gasteiger charge is -2.26. The lowest BCUT2D eigenvalue weighted by atomic mass is 9.93. The monoisotopic (exact) mass is 651 g/mol. The number of thiazole rings is 1. The van der Waals surface area contributed by atoms with E-state index in [1.165, 1.54) is 17.7 Å². The van der Waals surface area contributed by atoms with Crippen molar-refractivity contribution in [2.24, 2.45) is 4.99 Å². The zero-order chi connectivity index (χ0) is 33.1. The van der Waals surface area contributed by atoms with Gasteiger partial charge in [0.15, 0.2) is 4.80 Å².